The molecule has 0 aliphatic carbocycles. The Morgan fingerprint density at radius 1 is 0.548 bits per heavy atom. The lowest BCUT2D eigenvalue weighted by Gasteiger charge is -2.36. The summed E-state index contributed by atoms with van der Waals surface area (Å²) in [6.07, 6.45) is -26.4. The highest BCUT2D eigenvalue weighted by Crippen LogP contribution is 2.54. The van der Waals surface area contributed by atoms with E-state index in [1.54, 1.807) is 6.92 Å². The Hall–Kier alpha value is -4.60. The van der Waals surface area contributed by atoms with Crippen LogP contribution < -0.4 is 10.6 Å². The second-order valence-electron chi connectivity index (χ2n) is 16.2. The number of alkyl halides is 16. The first kappa shape index (κ1) is 51.7. The second-order valence-corrected chi connectivity index (χ2v) is 16.2. The molecule has 0 spiro atoms. The molecule has 3 aromatic carbocycles. The molecule has 3 aromatic rings. The van der Waals surface area contributed by atoms with Gasteiger partial charge >= 0.3 is 36.6 Å². The Balaban J connectivity index is 2.22. The maximum atomic E-state index is 15.4. The lowest BCUT2D eigenvalue weighted by Crippen LogP contribution is -2.54. The molecule has 0 unspecified atom stereocenters. The van der Waals surface area contributed by atoms with Gasteiger partial charge in [-0.15, -0.1) is 0 Å². The quantitative estimate of drug-likeness (QED) is 0.121. The minimum absolute atomic E-state index is 0.142. The normalized spacial score (nSPS) is 14.2. The van der Waals surface area contributed by atoms with Crippen molar-refractivity contribution in [2.24, 2.45) is 5.41 Å². The van der Waals surface area contributed by atoms with Gasteiger partial charge in [-0.05, 0) is 62.1 Å². The van der Waals surface area contributed by atoms with E-state index in [9.17, 15) is 81.3 Å². The number of carbonyl (C=O) groups excluding carboxylic acids is 2. The topological polar surface area (TPSA) is 98.7 Å². The van der Waals surface area contributed by atoms with Gasteiger partial charge < -0.3 is 20.8 Å². The summed E-state index contributed by atoms with van der Waals surface area (Å²) in [7, 11) is 0. The summed E-state index contributed by atoms with van der Waals surface area (Å²) in [6, 6.07) is 3.25. The van der Waals surface area contributed by atoms with E-state index in [-0.39, 0.29) is 36.8 Å². The lowest BCUT2D eigenvalue weighted by atomic mass is 9.84. The van der Waals surface area contributed by atoms with E-state index >= 15 is 8.78 Å². The highest BCUT2D eigenvalue weighted by Gasteiger charge is 2.73. The van der Waals surface area contributed by atoms with Crippen molar-refractivity contribution in [3.8, 4) is 0 Å². The zero-order valence-corrected chi connectivity index (χ0v) is 33.4. The summed E-state index contributed by atoms with van der Waals surface area (Å²) in [4.78, 5) is 25.1. The number of rotatable bonds is 14. The van der Waals surface area contributed by atoms with E-state index in [1.165, 1.54) is 13.8 Å². The van der Waals surface area contributed by atoms with Crippen molar-refractivity contribution >= 4 is 23.1 Å². The Morgan fingerprint density at radius 2 is 0.919 bits per heavy atom. The summed E-state index contributed by atoms with van der Waals surface area (Å²) >= 11 is 0. The Labute approximate surface area is 343 Å². The average molecular weight is 917 g/mol. The largest absolute Gasteiger partial charge is 0.430 e. The fraction of sp³-hybridized carbons (Fsp3) is 0.500. The Morgan fingerprint density at radius 3 is 1.29 bits per heavy atom. The number of nitrogens with one attached hydrogen (secondary N) is 2. The molecule has 0 radical (unpaired) electrons. The summed E-state index contributed by atoms with van der Waals surface area (Å²) in [5, 5.41) is 24.3. The fourth-order valence-corrected chi connectivity index (χ4v) is 6.26. The number of carbonyl (C=O) groups is 2. The Kier molecular flexibility index (Phi) is 14.1. The lowest BCUT2D eigenvalue weighted by molar-refractivity contribution is -0.376. The molecule has 1 amide bonds. The van der Waals surface area contributed by atoms with E-state index < -0.39 is 122 Å². The van der Waals surface area contributed by atoms with E-state index in [2.05, 4.69) is 5.32 Å². The molecule has 0 atom stereocenters. The van der Waals surface area contributed by atoms with Crippen molar-refractivity contribution in [3.63, 3.8) is 0 Å². The van der Waals surface area contributed by atoms with Gasteiger partial charge in [-0.2, -0.15) is 70.2 Å². The fourth-order valence-electron chi connectivity index (χ4n) is 6.26. The van der Waals surface area contributed by atoms with Gasteiger partial charge in [0.15, 0.2) is 0 Å². The van der Waals surface area contributed by atoms with Crippen LogP contribution in [0.2, 0.25) is 0 Å². The molecule has 62 heavy (non-hydrogen) atoms. The van der Waals surface area contributed by atoms with E-state index in [0.717, 1.165) is 32.2 Å². The number of benzene rings is 3. The molecule has 0 aliphatic rings. The van der Waals surface area contributed by atoms with E-state index in [0.29, 0.717) is 37.1 Å². The summed E-state index contributed by atoms with van der Waals surface area (Å²) in [5.74, 6) is -13.5. The van der Waals surface area contributed by atoms with Crippen molar-refractivity contribution in [1.82, 2.24) is 0 Å². The molecule has 0 fully saturated rings. The van der Waals surface area contributed by atoms with Gasteiger partial charge in [0.1, 0.15) is 0 Å². The van der Waals surface area contributed by atoms with Crippen molar-refractivity contribution in [3.05, 3.63) is 94.0 Å². The molecule has 0 heterocycles. The standard InChI is InChI=1S/C40H40F16N2O4/c1-7-8-17-32(5,6)58-28-16-10-22(20-26(28)36(62,39(51,52)53)40(54,55)56)18-21-9-15-27(25(19-21)35(61,37(45,46)47)38(48,49)50)57-30(60)34(43,44)24-13-11-23(12-14-24)33(41,42)29(59)31(2,3)4/h9-16,19-20,58,61-62H,7-8,17-18H2,1-6H3,(H,57,60). The molecular weight excluding hydrogens is 876 g/mol. The third kappa shape index (κ3) is 10.1. The third-order valence-corrected chi connectivity index (χ3v) is 9.73. The van der Waals surface area contributed by atoms with Crippen LogP contribution >= 0.6 is 0 Å². The molecular formula is C40H40F16N2O4. The van der Waals surface area contributed by atoms with Gasteiger partial charge in [-0.25, -0.2) is 0 Å². The summed E-state index contributed by atoms with van der Waals surface area (Å²) < 4.78 is 231. The first-order valence-corrected chi connectivity index (χ1v) is 18.2. The highest BCUT2D eigenvalue weighted by molar-refractivity contribution is 5.97. The van der Waals surface area contributed by atoms with Crippen LogP contribution in [0.1, 0.15) is 94.2 Å². The third-order valence-electron chi connectivity index (χ3n) is 9.73. The molecule has 0 bridgehead atoms. The maximum Gasteiger partial charge on any atom is 0.430 e. The van der Waals surface area contributed by atoms with Crippen LogP contribution in [0, 0.1) is 5.41 Å². The molecule has 0 saturated heterocycles. The van der Waals surface area contributed by atoms with Crippen molar-refractivity contribution in [2.45, 2.75) is 121 Å². The highest BCUT2D eigenvalue weighted by atomic mass is 19.4. The molecule has 0 saturated carbocycles. The average Bonchev–Trinajstić information content (AvgIpc) is 3.11. The number of halogens is 16. The van der Waals surface area contributed by atoms with Gasteiger partial charge in [-0.3, -0.25) is 9.59 Å². The zero-order chi connectivity index (χ0) is 48.1. The summed E-state index contributed by atoms with van der Waals surface area (Å²) in [5.41, 5.74) is -25.4. The van der Waals surface area contributed by atoms with Crippen LogP contribution in [0.15, 0.2) is 60.7 Å². The van der Waals surface area contributed by atoms with Crippen LogP contribution in [0.4, 0.5) is 81.6 Å². The number of unbranched alkanes of at least 4 members (excludes halogenated alkanes) is 1. The number of hydrogen-bond acceptors (Lipinski definition) is 5. The monoisotopic (exact) mass is 916 g/mol. The summed E-state index contributed by atoms with van der Waals surface area (Å²) in [6.45, 7) is 7.96. The van der Waals surface area contributed by atoms with Crippen LogP contribution in [-0.2, 0) is 39.1 Å². The first-order chi connectivity index (χ1) is 27.7. The Bertz CT molecular complexity index is 2070. The van der Waals surface area contributed by atoms with Gasteiger partial charge in [-0.1, -0.05) is 76.9 Å². The molecule has 346 valence electrons. The first-order valence-electron chi connectivity index (χ1n) is 18.2. The number of Topliss-reactive ketones (excluding diaryl/α,β-unsaturated/α-hetero) is 1. The molecule has 22 heteroatoms. The number of hydrogen-bond donors (Lipinski definition) is 4. The minimum Gasteiger partial charge on any atom is -0.380 e. The smallest absolute Gasteiger partial charge is 0.380 e. The zero-order valence-electron chi connectivity index (χ0n) is 33.4. The number of amides is 1. The minimum atomic E-state index is -6.75. The number of anilines is 2. The van der Waals surface area contributed by atoms with Crippen molar-refractivity contribution in [2.75, 3.05) is 10.6 Å². The maximum absolute atomic E-state index is 15.4. The van der Waals surface area contributed by atoms with Crippen LogP contribution in [0.5, 0.6) is 0 Å². The van der Waals surface area contributed by atoms with Gasteiger partial charge in [0.05, 0.1) is 0 Å². The van der Waals surface area contributed by atoms with Crippen LogP contribution in [-0.4, -0.2) is 52.1 Å². The predicted octanol–water partition coefficient (Wildman–Crippen LogP) is 11.7. The molecule has 0 aromatic heterocycles. The molecule has 4 N–H and O–H groups in total. The van der Waals surface area contributed by atoms with Crippen LogP contribution in [0.3, 0.4) is 0 Å². The van der Waals surface area contributed by atoms with Gasteiger partial charge in [0.25, 0.3) is 17.1 Å². The second kappa shape index (κ2) is 16.8. The van der Waals surface area contributed by atoms with E-state index in [1.807, 2.05) is 0 Å². The SMILES string of the molecule is CCCCC(C)(C)Nc1ccc(Cc2ccc(NC(=O)C(F)(F)c3ccc(C(F)(F)C(=O)C(C)(C)C)cc3)c(C(O)(C(F)(F)F)C(F)(F)F)c2)cc1C(O)(C(F)(F)F)C(F)(F)F. The molecule has 0 aliphatic heterocycles. The number of ketones is 1. The van der Waals surface area contributed by atoms with Crippen molar-refractivity contribution in [1.29, 1.82) is 0 Å². The van der Waals surface area contributed by atoms with Gasteiger partial charge in [0, 0.05) is 44.6 Å². The molecule has 3 rings (SSSR count). The van der Waals surface area contributed by atoms with Crippen LogP contribution in [0.25, 0.3) is 0 Å². The predicted molar refractivity (Wildman–Crippen MR) is 192 cm³/mol. The van der Waals surface area contributed by atoms with Crippen molar-refractivity contribution < 1.29 is 90.0 Å². The number of aliphatic hydroxyl groups is 2. The van der Waals surface area contributed by atoms with E-state index in [4.69, 9.17) is 0 Å². The molecule has 6 nitrogen and oxygen atoms in total. The van der Waals surface area contributed by atoms with Gasteiger partial charge in [0.2, 0.25) is 5.78 Å².